The van der Waals surface area contributed by atoms with Gasteiger partial charge in [-0.3, -0.25) is 9.36 Å². The molecule has 1 aromatic heterocycles. The first-order chi connectivity index (χ1) is 9.70. The van der Waals surface area contributed by atoms with E-state index in [-0.39, 0.29) is 5.69 Å². The Kier molecular flexibility index (Phi) is 2.97. The number of hydrogen-bond donors (Lipinski definition) is 0. The van der Waals surface area contributed by atoms with Crippen LogP contribution in [0.5, 0.6) is 0 Å². The Hall–Kier alpha value is -2.64. The van der Waals surface area contributed by atoms with E-state index in [2.05, 4.69) is 4.98 Å². The number of nitriles is 1. The number of halogens is 1. The molecule has 3 rings (SSSR count). The average Bonchev–Trinajstić information content (AvgIpc) is 2.48. The van der Waals surface area contributed by atoms with E-state index in [0.29, 0.717) is 21.7 Å². The van der Waals surface area contributed by atoms with Gasteiger partial charge in [0.1, 0.15) is 6.07 Å². The van der Waals surface area contributed by atoms with Crippen LogP contribution in [-0.2, 0) is 0 Å². The second-order valence-electron chi connectivity index (χ2n) is 4.18. The summed E-state index contributed by atoms with van der Waals surface area (Å²) >= 11 is 5.86. The molecule has 3 aromatic rings. The van der Waals surface area contributed by atoms with Crippen LogP contribution in [0.1, 0.15) is 5.69 Å². The van der Waals surface area contributed by atoms with Gasteiger partial charge in [-0.2, -0.15) is 5.26 Å². The molecular weight excluding hydrogens is 274 g/mol. The summed E-state index contributed by atoms with van der Waals surface area (Å²) in [5, 5.41) is 9.63. The first-order valence-electron chi connectivity index (χ1n) is 5.88. The molecule has 0 spiro atoms. The topological polar surface area (TPSA) is 58.7 Å². The molecule has 0 bridgehead atoms. The zero-order valence-corrected chi connectivity index (χ0v) is 11.0. The second-order valence-corrected chi connectivity index (χ2v) is 4.61. The van der Waals surface area contributed by atoms with Gasteiger partial charge in [-0.15, -0.1) is 0 Å². The highest BCUT2D eigenvalue weighted by Gasteiger charge is 2.11. The predicted molar refractivity (Wildman–Crippen MR) is 77.1 cm³/mol. The molecule has 0 N–H and O–H groups in total. The Morgan fingerprint density at radius 1 is 1.10 bits per heavy atom. The van der Waals surface area contributed by atoms with Crippen molar-refractivity contribution in [3.05, 3.63) is 69.6 Å². The third kappa shape index (κ3) is 1.94. The number of aromatic nitrogens is 2. The van der Waals surface area contributed by atoms with E-state index in [1.807, 2.05) is 18.2 Å². The number of rotatable bonds is 1. The number of fused-ring (bicyclic) bond motifs is 1. The lowest BCUT2D eigenvalue weighted by atomic mass is 10.2. The molecule has 20 heavy (non-hydrogen) atoms. The number of para-hydroxylation sites is 2. The molecule has 0 amide bonds. The molecule has 4 nitrogen and oxygen atoms in total. The van der Waals surface area contributed by atoms with Gasteiger partial charge in [0.25, 0.3) is 5.56 Å². The third-order valence-electron chi connectivity index (χ3n) is 2.95. The minimum atomic E-state index is -0.437. The lowest BCUT2D eigenvalue weighted by molar-refractivity contribution is 1.00. The normalized spacial score (nSPS) is 10.4. The van der Waals surface area contributed by atoms with Crippen LogP contribution >= 0.6 is 11.6 Å². The van der Waals surface area contributed by atoms with Crippen LogP contribution in [0, 0.1) is 11.3 Å². The summed E-state index contributed by atoms with van der Waals surface area (Å²) in [6.07, 6.45) is 0. The largest absolute Gasteiger partial charge is 0.292 e. The van der Waals surface area contributed by atoms with Crippen LogP contribution in [0.25, 0.3) is 16.7 Å². The van der Waals surface area contributed by atoms with Gasteiger partial charge in [-0.1, -0.05) is 23.7 Å². The summed E-state index contributed by atoms with van der Waals surface area (Å²) in [7, 11) is 0. The molecule has 0 aliphatic carbocycles. The Morgan fingerprint density at radius 3 is 2.50 bits per heavy atom. The Morgan fingerprint density at radius 2 is 1.80 bits per heavy atom. The molecule has 0 unspecified atom stereocenters. The summed E-state index contributed by atoms with van der Waals surface area (Å²) < 4.78 is 1.47. The van der Waals surface area contributed by atoms with E-state index in [4.69, 9.17) is 16.9 Å². The molecular formula is C15H8ClN3O. The minimum Gasteiger partial charge on any atom is -0.273 e. The SMILES string of the molecule is N#Cc1nc2ccccc2n(-c2ccc(Cl)cc2)c1=O. The molecule has 0 aliphatic rings. The van der Waals surface area contributed by atoms with Gasteiger partial charge in [-0.25, -0.2) is 4.98 Å². The molecule has 2 aromatic carbocycles. The van der Waals surface area contributed by atoms with Gasteiger partial charge in [0.15, 0.2) is 0 Å². The van der Waals surface area contributed by atoms with E-state index < -0.39 is 5.56 Å². The van der Waals surface area contributed by atoms with Crippen LogP contribution in [0.15, 0.2) is 53.3 Å². The standard InChI is InChI=1S/C15H8ClN3O/c16-10-5-7-11(8-6-10)19-14-4-2-1-3-12(14)18-13(9-17)15(19)20/h1-8H. The summed E-state index contributed by atoms with van der Waals surface area (Å²) in [5.41, 5.74) is 1.33. The van der Waals surface area contributed by atoms with Crippen LogP contribution in [0.3, 0.4) is 0 Å². The smallest absolute Gasteiger partial charge is 0.273 e. The van der Waals surface area contributed by atoms with Gasteiger partial charge >= 0.3 is 0 Å². The fraction of sp³-hybridized carbons (Fsp3) is 0. The maximum absolute atomic E-state index is 12.3. The number of benzene rings is 2. The van der Waals surface area contributed by atoms with Gasteiger partial charge in [0, 0.05) is 10.7 Å². The molecule has 5 heteroatoms. The maximum Gasteiger partial charge on any atom is 0.292 e. The van der Waals surface area contributed by atoms with Crippen LogP contribution < -0.4 is 5.56 Å². The number of nitrogens with zero attached hydrogens (tertiary/aromatic N) is 3. The molecule has 0 radical (unpaired) electrons. The van der Waals surface area contributed by atoms with Crippen LogP contribution in [0.4, 0.5) is 0 Å². The predicted octanol–water partition coefficient (Wildman–Crippen LogP) is 2.91. The van der Waals surface area contributed by atoms with E-state index in [1.165, 1.54) is 4.57 Å². The average molecular weight is 282 g/mol. The first-order valence-corrected chi connectivity index (χ1v) is 6.26. The summed E-state index contributed by atoms with van der Waals surface area (Å²) in [5.74, 6) is 0. The van der Waals surface area contributed by atoms with Crippen molar-refractivity contribution in [3.8, 4) is 11.8 Å². The van der Waals surface area contributed by atoms with E-state index in [0.717, 1.165) is 0 Å². The van der Waals surface area contributed by atoms with Gasteiger partial charge in [0.05, 0.1) is 11.0 Å². The van der Waals surface area contributed by atoms with Crippen molar-refractivity contribution in [2.45, 2.75) is 0 Å². The molecule has 0 atom stereocenters. The quantitative estimate of drug-likeness (QED) is 0.689. The molecule has 1 heterocycles. The minimum absolute atomic E-state index is 0.126. The van der Waals surface area contributed by atoms with Crippen molar-refractivity contribution in [1.82, 2.24) is 9.55 Å². The van der Waals surface area contributed by atoms with Crippen molar-refractivity contribution in [1.29, 1.82) is 5.26 Å². The van der Waals surface area contributed by atoms with Gasteiger partial charge in [0.2, 0.25) is 5.69 Å². The van der Waals surface area contributed by atoms with E-state index in [1.54, 1.807) is 36.4 Å². The summed E-state index contributed by atoms with van der Waals surface area (Å²) in [4.78, 5) is 16.4. The zero-order chi connectivity index (χ0) is 14.1. The molecule has 0 saturated carbocycles. The van der Waals surface area contributed by atoms with Crippen LogP contribution in [0.2, 0.25) is 5.02 Å². The molecule has 0 saturated heterocycles. The second kappa shape index (κ2) is 4.80. The molecule has 0 fully saturated rings. The highest BCUT2D eigenvalue weighted by molar-refractivity contribution is 6.30. The summed E-state index contributed by atoms with van der Waals surface area (Å²) in [6, 6.07) is 15.9. The third-order valence-corrected chi connectivity index (χ3v) is 3.20. The van der Waals surface area contributed by atoms with Crippen molar-refractivity contribution >= 4 is 22.6 Å². The fourth-order valence-electron chi connectivity index (χ4n) is 2.05. The van der Waals surface area contributed by atoms with E-state index in [9.17, 15) is 4.79 Å². The highest BCUT2D eigenvalue weighted by Crippen LogP contribution is 2.17. The van der Waals surface area contributed by atoms with Gasteiger partial charge in [-0.05, 0) is 36.4 Å². The van der Waals surface area contributed by atoms with Crippen LogP contribution in [-0.4, -0.2) is 9.55 Å². The number of hydrogen-bond acceptors (Lipinski definition) is 3. The zero-order valence-electron chi connectivity index (χ0n) is 10.2. The Bertz CT molecular complexity index is 892. The van der Waals surface area contributed by atoms with Gasteiger partial charge < -0.3 is 0 Å². The van der Waals surface area contributed by atoms with Crippen molar-refractivity contribution < 1.29 is 0 Å². The Balaban J connectivity index is 2.44. The van der Waals surface area contributed by atoms with Crippen molar-refractivity contribution in [2.24, 2.45) is 0 Å². The highest BCUT2D eigenvalue weighted by atomic mass is 35.5. The monoisotopic (exact) mass is 281 g/mol. The summed E-state index contributed by atoms with van der Waals surface area (Å²) in [6.45, 7) is 0. The lowest BCUT2D eigenvalue weighted by Gasteiger charge is -2.10. The fourth-order valence-corrected chi connectivity index (χ4v) is 2.18. The maximum atomic E-state index is 12.3. The van der Waals surface area contributed by atoms with Crippen molar-refractivity contribution in [3.63, 3.8) is 0 Å². The lowest BCUT2D eigenvalue weighted by Crippen LogP contribution is -2.23. The van der Waals surface area contributed by atoms with Crippen molar-refractivity contribution in [2.75, 3.05) is 0 Å². The molecule has 96 valence electrons. The Labute approximate surface area is 119 Å². The first kappa shape index (κ1) is 12.4. The molecule has 0 aliphatic heterocycles. The van der Waals surface area contributed by atoms with E-state index >= 15 is 0 Å².